The number of halogens is 2. The van der Waals surface area contributed by atoms with Crippen LogP contribution < -0.4 is 5.73 Å². The van der Waals surface area contributed by atoms with Gasteiger partial charge >= 0.3 is 5.97 Å². The van der Waals surface area contributed by atoms with Crippen LogP contribution in [0.25, 0.3) is 0 Å². The van der Waals surface area contributed by atoms with Gasteiger partial charge in [-0.25, -0.2) is 17.2 Å². The summed E-state index contributed by atoms with van der Waals surface area (Å²) in [6, 6.07) is 1.76. The third-order valence-electron chi connectivity index (χ3n) is 2.06. The highest BCUT2D eigenvalue weighted by molar-refractivity contribution is 7.92. The molecular formula is C9H9F2NO4S. The van der Waals surface area contributed by atoms with Crippen molar-refractivity contribution in [2.45, 2.75) is 10.1 Å². The van der Waals surface area contributed by atoms with Gasteiger partial charge in [0.25, 0.3) is 0 Å². The Kier molecular flexibility index (Phi) is 3.79. The lowest BCUT2D eigenvalue weighted by Gasteiger charge is -2.11. The summed E-state index contributed by atoms with van der Waals surface area (Å²) in [4.78, 5) is 9.67. The molecule has 0 bridgehead atoms. The normalized spacial score (nSPS) is 13.4. The van der Waals surface area contributed by atoms with Gasteiger partial charge in [-0.2, -0.15) is 0 Å². The summed E-state index contributed by atoms with van der Waals surface area (Å²) in [5, 5.41) is 6.65. The molecule has 3 N–H and O–H groups in total. The summed E-state index contributed by atoms with van der Waals surface area (Å²) in [5.74, 6) is -3.91. The number of benzene rings is 1. The van der Waals surface area contributed by atoms with Gasteiger partial charge in [0, 0.05) is 6.54 Å². The number of carbonyl (C=O) groups is 1. The molecule has 1 aromatic rings. The van der Waals surface area contributed by atoms with Crippen LogP contribution in [0, 0.1) is 11.6 Å². The zero-order valence-electron chi connectivity index (χ0n) is 8.43. The fraction of sp³-hybridized carbons (Fsp3) is 0.222. The maximum atomic E-state index is 13.2. The number of carboxylic acids is 1. The first-order valence-electron chi connectivity index (χ1n) is 4.42. The third kappa shape index (κ3) is 2.59. The molecule has 1 aromatic carbocycles. The second kappa shape index (κ2) is 4.76. The van der Waals surface area contributed by atoms with E-state index in [1.54, 1.807) is 0 Å². The average molecular weight is 265 g/mol. The summed E-state index contributed by atoms with van der Waals surface area (Å²) in [6.07, 6.45) is 0. The molecule has 1 unspecified atom stereocenters. The smallest absolute Gasteiger partial charge is 0.323 e. The van der Waals surface area contributed by atoms with E-state index in [-0.39, 0.29) is 0 Å². The van der Waals surface area contributed by atoms with Crippen molar-refractivity contribution in [2.24, 2.45) is 5.73 Å². The Morgan fingerprint density at radius 2 is 2.00 bits per heavy atom. The molecule has 5 nitrogen and oxygen atoms in total. The van der Waals surface area contributed by atoms with Crippen LogP contribution in [0.1, 0.15) is 0 Å². The van der Waals surface area contributed by atoms with Crippen LogP contribution in [-0.2, 0) is 14.6 Å². The summed E-state index contributed by atoms with van der Waals surface area (Å²) >= 11 is 0. The van der Waals surface area contributed by atoms with Gasteiger partial charge in [-0.3, -0.25) is 4.79 Å². The van der Waals surface area contributed by atoms with Gasteiger partial charge in [0.2, 0.25) is 0 Å². The lowest BCUT2D eigenvalue weighted by Crippen LogP contribution is -2.37. The molecule has 0 fully saturated rings. The second-order valence-electron chi connectivity index (χ2n) is 3.18. The van der Waals surface area contributed by atoms with Gasteiger partial charge < -0.3 is 10.8 Å². The minimum Gasteiger partial charge on any atom is -0.480 e. The lowest BCUT2D eigenvalue weighted by molar-refractivity contribution is -0.136. The Morgan fingerprint density at radius 1 is 1.41 bits per heavy atom. The molecule has 8 heteroatoms. The topological polar surface area (TPSA) is 97.5 Å². The first-order chi connectivity index (χ1) is 7.80. The number of aliphatic carboxylic acids is 1. The van der Waals surface area contributed by atoms with Gasteiger partial charge in [-0.15, -0.1) is 0 Å². The van der Waals surface area contributed by atoms with Gasteiger partial charge in [0.15, 0.2) is 15.1 Å². The standard InChI is InChI=1S/C9H9F2NO4S/c10-5-1-2-6(11)7(3-5)17(15,16)8(4-12)9(13)14/h1-3,8H,4,12H2,(H,13,14). The monoisotopic (exact) mass is 265 g/mol. The number of rotatable bonds is 4. The Labute approximate surface area is 95.8 Å². The highest BCUT2D eigenvalue weighted by atomic mass is 32.2. The molecule has 0 amide bonds. The van der Waals surface area contributed by atoms with Gasteiger partial charge in [-0.05, 0) is 18.2 Å². The molecule has 0 saturated heterocycles. The van der Waals surface area contributed by atoms with E-state index in [0.717, 1.165) is 6.07 Å². The van der Waals surface area contributed by atoms with E-state index in [9.17, 15) is 22.0 Å². The molecule has 0 saturated carbocycles. The number of hydrogen-bond donors (Lipinski definition) is 2. The highest BCUT2D eigenvalue weighted by Gasteiger charge is 2.35. The highest BCUT2D eigenvalue weighted by Crippen LogP contribution is 2.20. The molecule has 17 heavy (non-hydrogen) atoms. The summed E-state index contributed by atoms with van der Waals surface area (Å²) in [6.45, 7) is -0.729. The van der Waals surface area contributed by atoms with E-state index < -0.39 is 44.1 Å². The van der Waals surface area contributed by atoms with Crippen LogP contribution in [0.15, 0.2) is 23.1 Å². The molecule has 0 heterocycles. The van der Waals surface area contributed by atoms with E-state index >= 15 is 0 Å². The molecular weight excluding hydrogens is 256 g/mol. The molecule has 0 aromatic heterocycles. The van der Waals surface area contributed by atoms with Crippen molar-refractivity contribution < 1.29 is 27.1 Å². The van der Waals surface area contributed by atoms with Crippen LogP contribution >= 0.6 is 0 Å². The van der Waals surface area contributed by atoms with E-state index in [0.29, 0.717) is 12.1 Å². The number of sulfone groups is 1. The molecule has 0 aliphatic rings. The number of nitrogens with two attached hydrogens (primary N) is 1. The molecule has 0 radical (unpaired) electrons. The van der Waals surface area contributed by atoms with E-state index in [1.165, 1.54) is 0 Å². The van der Waals surface area contributed by atoms with Crippen LogP contribution in [0.3, 0.4) is 0 Å². The fourth-order valence-corrected chi connectivity index (χ4v) is 2.65. The molecule has 0 spiro atoms. The van der Waals surface area contributed by atoms with Crippen molar-refractivity contribution in [2.75, 3.05) is 6.54 Å². The third-order valence-corrected chi connectivity index (χ3v) is 4.13. The summed E-state index contributed by atoms with van der Waals surface area (Å²) in [5.41, 5.74) is 5.01. The van der Waals surface area contributed by atoms with Crippen molar-refractivity contribution >= 4 is 15.8 Å². The predicted molar refractivity (Wildman–Crippen MR) is 54.0 cm³/mol. The number of carboxylic acid groups (broad SMARTS) is 1. The van der Waals surface area contributed by atoms with Crippen molar-refractivity contribution in [3.05, 3.63) is 29.8 Å². The van der Waals surface area contributed by atoms with Gasteiger partial charge in [0.1, 0.15) is 16.5 Å². The quantitative estimate of drug-likeness (QED) is 0.807. The number of hydrogen-bond acceptors (Lipinski definition) is 4. The van der Waals surface area contributed by atoms with Gasteiger partial charge in [0.05, 0.1) is 0 Å². The minimum atomic E-state index is -4.54. The van der Waals surface area contributed by atoms with Crippen LogP contribution in [0.2, 0.25) is 0 Å². The first-order valence-corrected chi connectivity index (χ1v) is 5.97. The zero-order chi connectivity index (χ0) is 13.2. The maximum absolute atomic E-state index is 13.2. The summed E-state index contributed by atoms with van der Waals surface area (Å²) < 4.78 is 49.5. The maximum Gasteiger partial charge on any atom is 0.323 e. The average Bonchev–Trinajstić information content (AvgIpc) is 2.21. The van der Waals surface area contributed by atoms with E-state index in [1.807, 2.05) is 0 Å². The van der Waals surface area contributed by atoms with E-state index in [4.69, 9.17) is 10.8 Å². The zero-order valence-corrected chi connectivity index (χ0v) is 9.25. The SMILES string of the molecule is NCC(C(=O)O)S(=O)(=O)c1cc(F)ccc1F. The van der Waals surface area contributed by atoms with Crippen LogP contribution in [0.5, 0.6) is 0 Å². The van der Waals surface area contributed by atoms with Crippen molar-refractivity contribution in [1.29, 1.82) is 0 Å². The molecule has 0 aliphatic carbocycles. The van der Waals surface area contributed by atoms with Crippen LogP contribution in [-0.4, -0.2) is 31.3 Å². The van der Waals surface area contributed by atoms with Gasteiger partial charge in [-0.1, -0.05) is 0 Å². The van der Waals surface area contributed by atoms with E-state index in [2.05, 4.69) is 0 Å². The van der Waals surface area contributed by atoms with Crippen LogP contribution in [0.4, 0.5) is 8.78 Å². The second-order valence-corrected chi connectivity index (χ2v) is 5.28. The van der Waals surface area contributed by atoms with Crippen molar-refractivity contribution in [1.82, 2.24) is 0 Å². The minimum absolute atomic E-state index is 0.427. The molecule has 94 valence electrons. The lowest BCUT2D eigenvalue weighted by atomic mass is 10.3. The van der Waals surface area contributed by atoms with Crippen molar-refractivity contribution in [3.63, 3.8) is 0 Å². The molecule has 1 atom stereocenters. The Hall–Kier alpha value is -1.54. The summed E-state index contributed by atoms with van der Waals surface area (Å²) in [7, 11) is -4.54. The Morgan fingerprint density at radius 3 is 2.47 bits per heavy atom. The largest absolute Gasteiger partial charge is 0.480 e. The fourth-order valence-electron chi connectivity index (χ4n) is 1.21. The Bertz CT molecular complexity index is 544. The molecule has 1 rings (SSSR count). The van der Waals surface area contributed by atoms with Crippen molar-refractivity contribution in [3.8, 4) is 0 Å². The predicted octanol–water partition coefficient (Wildman–Crippen LogP) is 0.150. The Balaban J connectivity index is 3.40. The first kappa shape index (κ1) is 13.5. The molecule has 0 aliphatic heterocycles.